The van der Waals surface area contributed by atoms with Crippen LogP contribution in [-0.4, -0.2) is 12.0 Å². The van der Waals surface area contributed by atoms with Crippen molar-refractivity contribution >= 4 is 17.2 Å². The number of hydrogen-bond acceptors (Lipinski definition) is 4. The van der Waals surface area contributed by atoms with E-state index in [2.05, 4.69) is 19.3 Å². The SMILES string of the molecule is CCCCCCC(C)OCc1ccc(C(=O)NN)s1. The number of nitrogens with two attached hydrogens (primary N) is 1. The Labute approximate surface area is 119 Å². The fourth-order valence-electron chi connectivity index (χ4n) is 1.81. The van der Waals surface area contributed by atoms with Gasteiger partial charge in [-0.15, -0.1) is 11.3 Å². The first-order valence-corrected chi connectivity index (χ1v) is 7.70. The van der Waals surface area contributed by atoms with Gasteiger partial charge in [0.2, 0.25) is 0 Å². The lowest BCUT2D eigenvalue weighted by Crippen LogP contribution is -2.29. The maximum atomic E-state index is 11.3. The number of nitrogen functional groups attached to an aromatic ring is 1. The number of hydrogen-bond donors (Lipinski definition) is 2. The van der Waals surface area contributed by atoms with Gasteiger partial charge in [0, 0.05) is 4.88 Å². The number of unbranched alkanes of at least 4 members (excludes halogenated alkanes) is 3. The Kier molecular flexibility index (Phi) is 7.70. The van der Waals surface area contributed by atoms with Crippen LogP contribution in [0.5, 0.6) is 0 Å². The summed E-state index contributed by atoms with van der Waals surface area (Å²) >= 11 is 1.42. The molecule has 0 aliphatic heterocycles. The second-order valence-electron chi connectivity index (χ2n) is 4.71. The van der Waals surface area contributed by atoms with Crippen LogP contribution < -0.4 is 11.3 Å². The summed E-state index contributed by atoms with van der Waals surface area (Å²) in [6, 6.07) is 3.69. The quantitative estimate of drug-likeness (QED) is 0.317. The van der Waals surface area contributed by atoms with E-state index >= 15 is 0 Å². The lowest BCUT2D eigenvalue weighted by atomic mass is 10.1. The first-order valence-electron chi connectivity index (χ1n) is 6.88. The van der Waals surface area contributed by atoms with Crippen molar-refractivity contribution in [3.63, 3.8) is 0 Å². The molecule has 1 amide bonds. The van der Waals surface area contributed by atoms with Crippen LogP contribution in [0.2, 0.25) is 0 Å². The van der Waals surface area contributed by atoms with E-state index in [1.54, 1.807) is 6.07 Å². The molecule has 0 aromatic carbocycles. The molecule has 0 fully saturated rings. The Bertz CT molecular complexity index is 379. The summed E-state index contributed by atoms with van der Waals surface area (Å²) in [5.41, 5.74) is 2.13. The Morgan fingerprint density at radius 3 is 2.89 bits per heavy atom. The third-order valence-electron chi connectivity index (χ3n) is 2.99. The van der Waals surface area contributed by atoms with Crippen molar-refractivity contribution in [2.75, 3.05) is 0 Å². The first-order chi connectivity index (χ1) is 9.17. The Morgan fingerprint density at radius 2 is 2.21 bits per heavy atom. The van der Waals surface area contributed by atoms with Crippen molar-refractivity contribution in [3.05, 3.63) is 21.9 Å². The van der Waals surface area contributed by atoms with Crippen molar-refractivity contribution in [1.29, 1.82) is 0 Å². The van der Waals surface area contributed by atoms with Crippen molar-refractivity contribution in [2.24, 2.45) is 5.84 Å². The van der Waals surface area contributed by atoms with Gasteiger partial charge in [0.15, 0.2) is 0 Å². The molecule has 0 aliphatic carbocycles. The summed E-state index contributed by atoms with van der Waals surface area (Å²) < 4.78 is 5.78. The van der Waals surface area contributed by atoms with Crippen molar-refractivity contribution in [2.45, 2.75) is 58.7 Å². The van der Waals surface area contributed by atoms with Gasteiger partial charge < -0.3 is 4.74 Å². The summed E-state index contributed by atoms with van der Waals surface area (Å²) in [4.78, 5) is 13.0. The number of hydrazine groups is 1. The molecule has 5 heteroatoms. The summed E-state index contributed by atoms with van der Waals surface area (Å²) in [5.74, 6) is 4.84. The van der Waals surface area contributed by atoms with Crippen molar-refractivity contribution < 1.29 is 9.53 Å². The van der Waals surface area contributed by atoms with E-state index in [1.165, 1.54) is 37.0 Å². The van der Waals surface area contributed by atoms with Gasteiger partial charge >= 0.3 is 0 Å². The summed E-state index contributed by atoms with van der Waals surface area (Å²) in [7, 11) is 0. The molecule has 0 saturated heterocycles. The predicted molar refractivity (Wildman–Crippen MR) is 79.0 cm³/mol. The first kappa shape index (κ1) is 16.1. The lowest BCUT2D eigenvalue weighted by Gasteiger charge is -2.11. The van der Waals surface area contributed by atoms with Crippen LogP contribution in [0.1, 0.15) is 60.5 Å². The summed E-state index contributed by atoms with van der Waals surface area (Å²) in [6.07, 6.45) is 6.43. The molecule has 1 heterocycles. The average Bonchev–Trinajstić information content (AvgIpc) is 2.89. The summed E-state index contributed by atoms with van der Waals surface area (Å²) in [5, 5.41) is 0. The topological polar surface area (TPSA) is 64.3 Å². The predicted octanol–water partition coefficient (Wildman–Crippen LogP) is 3.23. The van der Waals surface area contributed by atoms with Crippen LogP contribution in [0.25, 0.3) is 0 Å². The number of rotatable bonds is 9. The fourth-order valence-corrected chi connectivity index (χ4v) is 2.65. The zero-order chi connectivity index (χ0) is 14.1. The van der Waals surface area contributed by atoms with Crippen LogP contribution in [0.15, 0.2) is 12.1 Å². The molecular weight excluding hydrogens is 260 g/mol. The van der Waals surface area contributed by atoms with Gasteiger partial charge in [-0.1, -0.05) is 32.6 Å². The largest absolute Gasteiger partial charge is 0.373 e. The maximum absolute atomic E-state index is 11.3. The zero-order valence-electron chi connectivity index (χ0n) is 11.8. The van der Waals surface area contributed by atoms with Gasteiger partial charge in [-0.05, 0) is 25.5 Å². The number of carbonyl (C=O) groups is 1. The number of nitrogens with one attached hydrogen (secondary N) is 1. The minimum atomic E-state index is -0.246. The highest BCUT2D eigenvalue weighted by molar-refractivity contribution is 7.14. The molecule has 1 unspecified atom stereocenters. The number of amides is 1. The Hall–Kier alpha value is -0.910. The standard InChI is InChI=1S/C14H24N2O2S/c1-3-4-5-6-7-11(2)18-10-12-8-9-13(19-12)14(17)16-15/h8-9,11H,3-7,10,15H2,1-2H3,(H,16,17). The molecule has 1 aromatic rings. The van der Waals surface area contributed by atoms with Crippen LogP contribution in [0.3, 0.4) is 0 Å². The van der Waals surface area contributed by atoms with Gasteiger partial charge in [0.1, 0.15) is 0 Å². The number of carbonyl (C=O) groups excluding carboxylic acids is 1. The molecule has 0 bridgehead atoms. The van der Waals surface area contributed by atoms with Gasteiger partial charge in [-0.3, -0.25) is 10.2 Å². The van der Waals surface area contributed by atoms with Crippen molar-refractivity contribution in [1.82, 2.24) is 5.43 Å². The van der Waals surface area contributed by atoms with Gasteiger partial charge in [0.25, 0.3) is 5.91 Å². The molecule has 0 aliphatic rings. The molecule has 0 saturated carbocycles. The smallest absolute Gasteiger partial charge is 0.275 e. The van der Waals surface area contributed by atoms with Gasteiger partial charge in [-0.2, -0.15) is 0 Å². The highest BCUT2D eigenvalue weighted by Gasteiger charge is 2.09. The number of ether oxygens (including phenoxy) is 1. The van der Waals surface area contributed by atoms with E-state index in [4.69, 9.17) is 10.6 Å². The monoisotopic (exact) mass is 284 g/mol. The lowest BCUT2D eigenvalue weighted by molar-refractivity contribution is 0.0475. The minimum Gasteiger partial charge on any atom is -0.373 e. The highest BCUT2D eigenvalue weighted by atomic mass is 32.1. The van der Waals surface area contributed by atoms with E-state index in [-0.39, 0.29) is 12.0 Å². The molecule has 1 rings (SSSR count). The molecule has 19 heavy (non-hydrogen) atoms. The fraction of sp³-hybridized carbons (Fsp3) is 0.643. The molecule has 4 nitrogen and oxygen atoms in total. The van der Waals surface area contributed by atoms with E-state index in [9.17, 15) is 4.79 Å². The Balaban J connectivity index is 2.24. The zero-order valence-corrected chi connectivity index (χ0v) is 12.6. The summed E-state index contributed by atoms with van der Waals surface area (Å²) in [6.45, 7) is 4.89. The van der Waals surface area contributed by atoms with E-state index in [1.807, 2.05) is 6.07 Å². The third-order valence-corrected chi connectivity index (χ3v) is 4.05. The van der Waals surface area contributed by atoms with E-state index in [0.717, 1.165) is 11.3 Å². The van der Waals surface area contributed by atoms with Crippen LogP contribution in [0, 0.1) is 0 Å². The van der Waals surface area contributed by atoms with E-state index in [0.29, 0.717) is 11.5 Å². The molecule has 0 radical (unpaired) electrons. The minimum absolute atomic E-state index is 0.246. The van der Waals surface area contributed by atoms with Crippen LogP contribution in [0.4, 0.5) is 0 Å². The molecule has 108 valence electrons. The number of thiophene rings is 1. The second kappa shape index (κ2) is 9.07. The highest BCUT2D eigenvalue weighted by Crippen LogP contribution is 2.18. The average molecular weight is 284 g/mol. The second-order valence-corrected chi connectivity index (χ2v) is 5.88. The van der Waals surface area contributed by atoms with Gasteiger partial charge in [0.05, 0.1) is 17.6 Å². The molecule has 1 aromatic heterocycles. The van der Waals surface area contributed by atoms with Gasteiger partial charge in [-0.25, -0.2) is 5.84 Å². The third kappa shape index (κ3) is 6.18. The molecule has 3 N–H and O–H groups in total. The van der Waals surface area contributed by atoms with Crippen LogP contribution in [-0.2, 0) is 11.3 Å². The molecule has 0 spiro atoms. The molecule has 1 atom stereocenters. The van der Waals surface area contributed by atoms with Crippen LogP contribution >= 0.6 is 11.3 Å². The van der Waals surface area contributed by atoms with Crippen molar-refractivity contribution in [3.8, 4) is 0 Å². The van der Waals surface area contributed by atoms with E-state index < -0.39 is 0 Å². The maximum Gasteiger partial charge on any atom is 0.275 e. The Morgan fingerprint density at radius 1 is 1.42 bits per heavy atom. The molecular formula is C14H24N2O2S. The normalized spacial score (nSPS) is 12.4.